The molecule has 0 fully saturated rings. The first-order valence-corrected chi connectivity index (χ1v) is 13.9. The minimum atomic E-state index is 1.10. The highest BCUT2D eigenvalue weighted by molar-refractivity contribution is 7.26. The summed E-state index contributed by atoms with van der Waals surface area (Å²) in [6.07, 6.45) is 7.51. The van der Waals surface area contributed by atoms with Crippen molar-refractivity contribution in [1.29, 1.82) is 0 Å². The summed E-state index contributed by atoms with van der Waals surface area (Å²) in [7, 11) is 0. The standard InChI is InChI=1S/C36H26N2S/c1-23-15-24(2)17-29(16-23)31-9-3-11-33-34-12-4-10-32(36(34)39-35(31)33)30-19-27(25-7-5-13-37-21-25)18-28(20-30)26-8-6-14-38-22-26/h3-22H,1-2H3. The molecule has 39 heavy (non-hydrogen) atoms. The number of thiophene rings is 1. The third-order valence-electron chi connectivity index (χ3n) is 7.29. The summed E-state index contributed by atoms with van der Waals surface area (Å²) in [6, 6.07) is 35.3. The van der Waals surface area contributed by atoms with Crippen LogP contribution in [0.2, 0.25) is 0 Å². The molecule has 0 bridgehead atoms. The molecule has 0 N–H and O–H groups in total. The predicted molar refractivity (Wildman–Crippen MR) is 166 cm³/mol. The molecule has 7 aromatic rings. The van der Waals surface area contributed by atoms with Crippen molar-refractivity contribution in [3.63, 3.8) is 0 Å². The highest BCUT2D eigenvalue weighted by Crippen LogP contribution is 2.45. The first-order chi connectivity index (χ1) is 19.1. The van der Waals surface area contributed by atoms with Crippen LogP contribution < -0.4 is 0 Å². The first-order valence-electron chi connectivity index (χ1n) is 13.1. The second-order valence-electron chi connectivity index (χ2n) is 10.1. The molecule has 4 aromatic carbocycles. The Bertz CT molecular complexity index is 1890. The summed E-state index contributed by atoms with van der Waals surface area (Å²) < 4.78 is 2.64. The van der Waals surface area contributed by atoms with Crippen LogP contribution in [-0.2, 0) is 0 Å². The van der Waals surface area contributed by atoms with Crippen molar-refractivity contribution in [2.75, 3.05) is 0 Å². The van der Waals surface area contributed by atoms with Gasteiger partial charge in [-0.15, -0.1) is 11.3 Å². The van der Waals surface area contributed by atoms with Gasteiger partial charge in [-0.2, -0.15) is 0 Å². The van der Waals surface area contributed by atoms with Gasteiger partial charge >= 0.3 is 0 Å². The van der Waals surface area contributed by atoms with E-state index in [0.29, 0.717) is 0 Å². The minimum Gasteiger partial charge on any atom is -0.264 e. The van der Waals surface area contributed by atoms with Crippen molar-refractivity contribution < 1.29 is 0 Å². The molecule has 0 saturated carbocycles. The van der Waals surface area contributed by atoms with Crippen LogP contribution in [0, 0.1) is 13.8 Å². The Morgan fingerprint density at radius 1 is 0.462 bits per heavy atom. The molecule has 0 atom stereocenters. The molecule has 0 unspecified atom stereocenters. The molecule has 0 aliphatic carbocycles. The fourth-order valence-electron chi connectivity index (χ4n) is 5.59. The zero-order valence-corrected chi connectivity index (χ0v) is 22.7. The fraction of sp³-hybridized carbons (Fsp3) is 0.0556. The van der Waals surface area contributed by atoms with Crippen molar-refractivity contribution in [1.82, 2.24) is 9.97 Å². The minimum absolute atomic E-state index is 1.10. The summed E-state index contributed by atoms with van der Waals surface area (Å²) in [5, 5.41) is 2.61. The zero-order chi connectivity index (χ0) is 26.3. The van der Waals surface area contributed by atoms with Crippen LogP contribution >= 0.6 is 11.3 Å². The molecule has 186 valence electrons. The van der Waals surface area contributed by atoms with Crippen LogP contribution in [0.3, 0.4) is 0 Å². The molecule has 7 rings (SSSR count). The van der Waals surface area contributed by atoms with Gasteiger partial charge in [0.15, 0.2) is 0 Å². The van der Waals surface area contributed by atoms with Crippen LogP contribution in [0.5, 0.6) is 0 Å². The van der Waals surface area contributed by atoms with Gasteiger partial charge in [0.2, 0.25) is 0 Å². The van der Waals surface area contributed by atoms with Crippen molar-refractivity contribution in [2.45, 2.75) is 13.8 Å². The third kappa shape index (κ3) is 4.31. The molecule has 0 saturated heterocycles. The van der Waals surface area contributed by atoms with Crippen LogP contribution in [0.4, 0.5) is 0 Å². The lowest BCUT2D eigenvalue weighted by Crippen LogP contribution is -1.87. The van der Waals surface area contributed by atoms with Crippen molar-refractivity contribution >= 4 is 31.5 Å². The van der Waals surface area contributed by atoms with Gasteiger partial charge < -0.3 is 0 Å². The van der Waals surface area contributed by atoms with E-state index in [4.69, 9.17) is 0 Å². The lowest BCUT2D eigenvalue weighted by molar-refractivity contribution is 1.32. The number of aromatic nitrogens is 2. The lowest BCUT2D eigenvalue weighted by Gasteiger charge is -2.11. The van der Waals surface area contributed by atoms with Gasteiger partial charge in [-0.25, -0.2) is 0 Å². The molecule has 3 heteroatoms. The molecule has 0 amide bonds. The van der Waals surface area contributed by atoms with Crippen molar-refractivity contribution in [2.24, 2.45) is 0 Å². The molecule has 3 aromatic heterocycles. The smallest absolute Gasteiger partial charge is 0.0434 e. The number of aryl methyl sites for hydroxylation is 2. The third-order valence-corrected chi connectivity index (χ3v) is 8.58. The van der Waals surface area contributed by atoms with Crippen molar-refractivity contribution in [3.05, 3.63) is 133 Å². The average molecular weight is 519 g/mol. The van der Waals surface area contributed by atoms with Crippen LogP contribution in [-0.4, -0.2) is 9.97 Å². The van der Waals surface area contributed by atoms with Gasteiger partial charge in [0.05, 0.1) is 0 Å². The topological polar surface area (TPSA) is 25.8 Å². The maximum atomic E-state index is 4.39. The second-order valence-corrected chi connectivity index (χ2v) is 11.1. The number of fused-ring (bicyclic) bond motifs is 3. The van der Waals surface area contributed by atoms with Gasteiger partial charge in [0.1, 0.15) is 0 Å². The van der Waals surface area contributed by atoms with E-state index in [1.54, 1.807) is 0 Å². The molecular formula is C36H26N2S. The van der Waals surface area contributed by atoms with Crippen molar-refractivity contribution in [3.8, 4) is 44.5 Å². The number of rotatable bonds is 4. The lowest BCUT2D eigenvalue weighted by atomic mass is 9.93. The maximum Gasteiger partial charge on any atom is 0.0434 e. The SMILES string of the molecule is Cc1cc(C)cc(-c2cccc3c2sc2c(-c4cc(-c5cccnc5)cc(-c5cccnc5)c4)cccc23)c1. The first kappa shape index (κ1) is 23.5. The number of pyridine rings is 2. The molecule has 2 nitrogen and oxygen atoms in total. The second kappa shape index (κ2) is 9.61. The number of hydrogen-bond acceptors (Lipinski definition) is 3. The van der Waals surface area contributed by atoms with E-state index in [1.165, 1.54) is 53.6 Å². The van der Waals surface area contributed by atoms with E-state index < -0.39 is 0 Å². The van der Waals surface area contributed by atoms with Crippen LogP contribution in [0.25, 0.3) is 64.7 Å². The summed E-state index contributed by atoms with van der Waals surface area (Å²) >= 11 is 1.89. The largest absolute Gasteiger partial charge is 0.264 e. The Labute approximate surface area is 232 Å². The number of hydrogen-bond donors (Lipinski definition) is 0. The monoisotopic (exact) mass is 518 g/mol. The van der Waals surface area contributed by atoms with E-state index in [0.717, 1.165) is 22.3 Å². The van der Waals surface area contributed by atoms with E-state index in [2.05, 4.69) is 109 Å². The summed E-state index contributed by atoms with van der Waals surface area (Å²) in [5.74, 6) is 0. The van der Waals surface area contributed by atoms with E-state index >= 15 is 0 Å². The maximum absolute atomic E-state index is 4.39. The molecular weight excluding hydrogens is 492 g/mol. The Morgan fingerprint density at radius 3 is 1.44 bits per heavy atom. The van der Waals surface area contributed by atoms with Gasteiger partial charge in [-0.05, 0) is 77.6 Å². The normalized spacial score (nSPS) is 11.3. The number of benzene rings is 4. The Hall–Kier alpha value is -4.60. The van der Waals surface area contributed by atoms with E-state index in [1.807, 2.05) is 48.3 Å². The Morgan fingerprint density at radius 2 is 0.949 bits per heavy atom. The summed E-state index contributed by atoms with van der Waals surface area (Å²) in [6.45, 7) is 4.35. The molecule has 3 heterocycles. The predicted octanol–water partition coefficient (Wildman–Crippen LogP) is 10.1. The molecule has 0 radical (unpaired) electrons. The summed E-state index contributed by atoms with van der Waals surface area (Å²) in [5.41, 5.74) is 12.1. The zero-order valence-electron chi connectivity index (χ0n) is 21.8. The fourth-order valence-corrected chi connectivity index (χ4v) is 6.96. The van der Waals surface area contributed by atoms with Crippen LogP contribution in [0.15, 0.2) is 122 Å². The average Bonchev–Trinajstić information content (AvgIpc) is 3.36. The quantitative estimate of drug-likeness (QED) is 0.232. The summed E-state index contributed by atoms with van der Waals surface area (Å²) in [4.78, 5) is 8.77. The van der Waals surface area contributed by atoms with Gasteiger partial charge in [0.25, 0.3) is 0 Å². The highest BCUT2D eigenvalue weighted by Gasteiger charge is 2.16. The highest BCUT2D eigenvalue weighted by atomic mass is 32.1. The Kier molecular flexibility index (Phi) is 5.79. The number of nitrogens with zero attached hydrogens (tertiary/aromatic N) is 2. The molecule has 0 aliphatic rings. The molecule has 0 aliphatic heterocycles. The van der Waals surface area contributed by atoms with Gasteiger partial charge in [-0.3, -0.25) is 9.97 Å². The Balaban J connectivity index is 1.48. The van der Waals surface area contributed by atoms with Gasteiger partial charge in [-0.1, -0.05) is 77.9 Å². The van der Waals surface area contributed by atoms with E-state index in [9.17, 15) is 0 Å². The van der Waals surface area contributed by atoms with Gasteiger partial charge in [0, 0.05) is 56.1 Å². The molecule has 0 spiro atoms. The van der Waals surface area contributed by atoms with E-state index in [-0.39, 0.29) is 0 Å². The van der Waals surface area contributed by atoms with Crippen LogP contribution in [0.1, 0.15) is 11.1 Å².